The van der Waals surface area contributed by atoms with Gasteiger partial charge in [-0.1, -0.05) is 84.4 Å². The van der Waals surface area contributed by atoms with E-state index in [1.165, 1.54) is 12.1 Å². The Hall–Kier alpha value is -4.00. The van der Waals surface area contributed by atoms with Crippen molar-refractivity contribution in [1.29, 1.82) is 0 Å². The second-order valence-corrected chi connectivity index (χ2v) is 9.12. The molecular formula is C31H27ClFNO4. The van der Waals surface area contributed by atoms with Crippen LogP contribution in [0.1, 0.15) is 16.7 Å². The Morgan fingerprint density at radius 3 is 2.13 bits per heavy atom. The van der Waals surface area contributed by atoms with Crippen molar-refractivity contribution in [2.24, 2.45) is 0 Å². The fraction of sp³-hybridized carbons (Fsp3) is 0.161. The minimum atomic E-state index is -0.909. The van der Waals surface area contributed by atoms with E-state index in [0.717, 1.165) is 11.1 Å². The molecule has 5 nitrogen and oxygen atoms in total. The summed E-state index contributed by atoms with van der Waals surface area (Å²) in [5, 5.41) is 2.65. The second-order valence-electron chi connectivity index (χ2n) is 8.71. The molecule has 1 atom stereocenters. The third-order valence-corrected chi connectivity index (χ3v) is 6.08. The van der Waals surface area contributed by atoms with Crippen LogP contribution in [0.3, 0.4) is 0 Å². The molecule has 1 N–H and O–H groups in total. The summed E-state index contributed by atoms with van der Waals surface area (Å²) in [6.07, 6.45) is -0.169. The zero-order valence-corrected chi connectivity index (χ0v) is 21.4. The van der Waals surface area contributed by atoms with Crippen LogP contribution in [0, 0.1) is 5.82 Å². The average Bonchev–Trinajstić information content (AvgIpc) is 2.93. The smallest absolute Gasteiger partial charge is 0.225 e. The molecule has 38 heavy (non-hydrogen) atoms. The van der Waals surface area contributed by atoms with Crippen molar-refractivity contribution in [2.45, 2.75) is 25.5 Å². The van der Waals surface area contributed by atoms with Crippen LogP contribution in [-0.2, 0) is 33.8 Å². The molecule has 0 saturated carbocycles. The lowest BCUT2D eigenvalue weighted by atomic mass is 10.0. The van der Waals surface area contributed by atoms with E-state index < -0.39 is 17.8 Å². The molecule has 0 radical (unpaired) electrons. The summed E-state index contributed by atoms with van der Waals surface area (Å²) in [5.41, 5.74) is 1.86. The van der Waals surface area contributed by atoms with Crippen molar-refractivity contribution in [3.63, 3.8) is 0 Å². The third kappa shape index (κ3) is 8.00. The van der Waals surface area contributed by atoms with Crippen LogP contribution in [0.25, 0.3) is 0 Å². The molecule has 0 aliphatic carbocycles. The number of carbonyl (C=O) groups excluding carboxylic acids is 2. The first-order valence-corrected chi connectivity index (χ1v) is 12.5. The molecule has 0 bridgehead atoms. The highest BCUT2D eigenvalue weighted by atomic mass is 35.5. The van der Waals surface area contributed by atoms with Gasteiger partial charge >= 0.3 is 0 Å². The standard InChI is InChI=1S/C31H27ClFNO4/c32-27-13-7-10-24(31(27)33)19-30(36)34-28(21-37-20-23-8-3-1-4-9-23)29(35)18-22-14-16-26(17-15-22)38-25-11-5-2-6-12-25/h1-17,28H,18-21H2,(H,34,36). The highest BCUT2D eigenvalue weighted by Gasteiger charge is 2.22. The number of halogens is 2. The molecule has 0 heterocycles. The normalized spacial score (nSPS) is 11.5. The van der Waals surface area contributed by atoms with E-state index in [1.54, 1.807) is 30.3 Å². The number of para-hydroxylation sites is 1. The largest absolute Gasteiger partial charge is 0.457 e. The first-order chi connectivity index (χ1) is 18.5. The van der Waals surface area contributed by atoms with Gasteiger partial charge in [-0.05, 0) is 47.0 Å². The SMILES string of the molecule is O=C(Cc1cccc(Cl)c1F)NC(COCc1ccccc1)C(=O)Cc1ccc(Oc2ccccc2)cc1. The topological polar surface area (TPSA) is 64.6 Å². The van der Waals surface area contributed by atoms with E-state index in [2.05, 4.69) is 5.32 Å². The van der Waals surface area contributed by atoms with E-state index in [0.29, 0.717) is 11.5 Å². The van der Waals surface area contributed by atoms with Crippen molar-refractivity contribution < 1.29 is 23.5 Å². The number of nitrogens with one attached hydrogen (secondary N) is 1. The van der Waals surface area contributed by atoms with Gasteiger partial charge in [0.2, 0.25) is 5.91 Å². The molecule has 4 rings (SSSR count). The lowest BCUT2D eigenvalue weighted by molar-refractivity contribution is -0.128. The summed E-state index contributed by atoms with van der Waals surface area (Å²) in [5.74, 6) is -0.0164. The summed E-state index contributed by atoms with van der Waals surface area (Å²) in [6, 6.07) is 29.7. The Balaban J connectivity index is 1.40. The van der Waals surface area contributed by atoms with Crippen LogP contribution in [0.2, 0.25) is 5.02 Å². The van der Waals surface area contributed by atoms with Crippen molar-refractivity contribution in [2.75, 3.05) is 6.61 Å². The average molecular weight is 532 g/mol. The maximum Gasteiger partial charge on any atom is 0.225 e. The van der Waals surface area contributed by atoms with Crippen LogP contribution in [0.5, 0.6) is 11.5 Å². The maximum absolute atomic E-state index is 14.3. The molecule has 4 aromatic carbocycles. The van der Waals surface area contributed by atoms with Gasteiger partial charge in [0.05, 0.1) is 24.7 Å². The summed E-state index contributed by atoms with van der Waals surface area (Å²) < 4.78 is 25.9. The Morgan fingerprint density at radius 1 is 0.763 bits per heavy atom. The van der Waals surface area contributed by atoms with E-state index in [4.69, 9.17) is 21.1 Å². The van der Waals surface area contributed by atoms with Crippen LogP contribution in [0.15, 0.2) is 103 Å². The van der Waals surface area contributed by atoms with Crippen LogP contribution < -0.4 is 10.1 Å². The van der Waals surface area contributed by atoms with E-state index in [9.17, 15) is 14.0 Å². The van der Waals surface area contributed by atoms with Crippen molar-refractivity contribution >= 4 is 23.3 Å². The molecule has 0 aliphatic heterocycles. The number of carbonyl (C=O) groups is 2. The van der Waals surface area contributed by atoms with Gasteiger partial charge < -0.3 is 14.8 Å². The number of Topliss-reactive ketones (excluding diaryl/α,β-unsaturated/α-hetero) is 1. The summed E-state index contributed by atoms with van der Waals surface area (Å²) in [6.45, 7) is 0.266. The number of amides is 1. The van der Waals surface area contributed by atoms with Gasteiger partial charge in [-0.2, -0.15) is 0 Å². The first-order valence-electron chi connectivity index (χ1n) is 12.2. The molecule has 1 amide bonds. The van der Waals surface area contributed by atoms with Crippen molar-refractivity contribution in [1.82, 2.24) is 5.32 Å². The second kappa shape index (κ2) is 13.5. The third-order valence-electron chi connectivity index (χ3n) is 5.78. The quantitative estimate of drug-likeness (QED) is 0.232. The van der Waals surface area contributed by atoms with Gasteiger partial charge in [-0.3, -0.25) is 9.59 Å². The molecular weight excluding hydrogens is 505 g/mol. The highest BCUT2D eigenvalue weighted by molar-refractivity contribution is 6.30. The fourth-order valence-corrected chi connectivity index (χ4v) is 4.01. The number of hydrogen-bond acceptors (Lipinski definition) is 4. The zero-order chi connectivity index (χ0) is 26.7. The van der Waals surface area contributed by atoms with Gasteiger partial charge in [0.1, 0.15) is 23.4 Å². The van der Waals surface area contributed by atoms with Gasteiger partial charge in [-0.25, -0.2) is 4.39 Å². The fourth-order valence-electron chi connectivity index (χ4n) is 3.81. The molecule has 1 unspecified atom stereocenters. The highest BCUT2D eigenvalue weighted by Crippen LogP contribution is 2.22. The molecule has 7 heteroatoms. The lowest BCUT2D eigenvalue weighted by Gasteiger charge is -2.18. The van der Waals surface area contributed by atoms with E-state index in [1.807, 2.05) is 60.7 Å². The van der Waals surface area contributed by atoms with Crippen molar-refractivity contribution in [3.05, 3.63) is 131 Å². The van der Waals surface area contributed by atoms with Gasteiger partial charge in [0.25, 0.3) is 0 Å². The molecule has 0 aliphatic rings. The predicted molar refractivity (Wildman–Crippen MR) is 145 cm³/mol. The number of rotatable bonds is 12. The van der Waals surface area contributed by atoms with Gasteiger partial charge in [-0.15, -0.1) is 0 Å². The molecule has 194 valence electrons. The van der Waals surface area contributed by atoms with E-state index in [-0.39, 0.29) is 42.4 Å². The summed E-state index contributed by atoms with van der Waals surface area (Å²) in [4.78, 5) is 26.0. The minimum absolute atomic E-state index is 0.0211. The molecule has 0 fully saturated rings. The number of ketones is 1. The number of benzene rings is 4. The Kier molecular flexibility index (Phi) is 9.62. The van der Waals surface area contributed by atoms with Crippen LogP contribution >= 0.6 is 11.6 Å². The Labute approximate surface area is 226 Å². The lowest BCUT2D eigenvalue weighted by Crippen LogP contribution is -2.45. The molecule has 0 saturated heterocycles. The monoisotopic (exact) mass is 531 g/mol. The van der Waals surface area contributed by atoms with E-state index >= 15 is 0 Å². The zero-order valence-electron chi connectivity index (χ0n) is 20.6. The number of ether oxygens (including phenoxy) is 2. The van der Waals surface area contributed by atoms with Gasteiger partial charge in [0, 0.05) is 6.42 Å². The van der Waals surface area contributed by atoms with Gasteiger partial charge in [0.15, 0.2) is 5.78 Å². The molecule has 4 aromatic rings. The Morgan fingerprint density at radius 2 is 1.42 bits per heavy atom. The molecule has 0 spiro atoms. The van der Waals surface area contributed by atoms with Crippen LogP contribution in [-0.4, -0.2) is 24.3 Å². The molecule has 0 aromatic heterocycles. The summed E-state index contributed by atoms with van der Waals surface area (Å²) in [7, 11) is 0. The van der Waals surface area contributed by atoms with Crippen LogP contribution in [0.4, 0.5) is 4.39 Å². The number of hydrogen-bond donors (Lipinski definition) is 1. The maximum atomic E-state index is 14.3. The first kappa shape index (κ1) is 27.0. The Bertz CT molecular complexity index is 1350. The van der Waals surface area contributed by atoms with Crippen molar-refractivity contribution in [3.8, 4) is 11.5 Å². The summed E-state index contributed by atoms with van der Waals surface area (Å²) >= 11 is 5.84. The predicted octanol–water partition coefficient (Wildman–Crippen LogP) is 6.33. The minimum Gasteiger partial charge on any atom is -0.457 e.